The molecule has 0 atom stereocenters. The molecule has 8 nitrogen and oxygen atoms in total. The first-order valence-corrected chi connectivity index (χ1v) is 7.31. The highest BCUT2D eigenvalue weighted by molar-refractivity contribution is 5.95. The van der Waals surface area contributed by atoms with Crippen LogP contribution in [0, 0.1) is 13.8 Å². The Labute approximate surface area is 134 Å². The first-order valence-electron chi connectivity index (χ1n) is 7.31. The smallest absolute Gasteiger partial charge is 0.323 e. The van der Waals surface area contributed by atoms with Gasteiger partial charge in [-0.05, 0) is 33.8 Å². The van der Waals surface area contributed by atoms with Crippen molar-refractivity contribution < 1.29 is 14.7 Å². The summed E-state index contributed by atoms with van der Waals surface area (Å²) in [6, 6.07) is 1.41. The summed E-state index contributed by atoms with van der Waals surface area (Å²) in [5.74, 6) is -1.44. The zero-order valence-corrected chi connectivity index (χ0v) is 13.9. The van der Waals surface area contributed by atoms with E-state index in [1.165, 1.54) is 4.90 Å². The van der Waals surface area contributed by atoms with Gasteiger partial charge in [0.2, 0.25) is 0 Å². The zero-order chi connectivity index (χ0) is 17.3. The van der Waals surface area contributed by atoms with Crippen molar-refractivity contribution in [2.75, 3.05) is 6.54 Å². The van der Waals surface area contributed by atoms with Crippen molar-refractivity contribution in [2.45, 2.75) is 33.7 Å². The van der Waals surface area contributed by atoms with Crippen molar-refractivity contribution in [3.63, 3.8) is 0 Å². The molecule has 124 valence electrons. The second-order valence-electron chi connectivity index (χ2n) is 5.76. The number of amides is 1. The molecule has 0 aliphatic carbocycles. The van der Waals surface area contributed by atoms with Crippen LogP contribution in [-0.2, 0) is 11.8 Å². The minimum atomic E-state index is -1.05. The Morgan fingerprint density at radius 3 is 2.52 bits per heavy atom. The molecule has 0 spiro atoms. The predicted molar refractivity (Wildman–Crippen MR) is 84.1 cm³/mol. The van der Waals surface area contributed by atoms with Crippen LogP contribution >= 0.6 is 0 Å². The minimum absolute atomic E-state index is 0.229. The molecule has 2 heterocycles. The molecule has 0 aromatic carbocycles. The predicted octanol–water partition coefficient (Wildman–Crippen LogP) is 1.36. The second-order valence-corrected chi connectivity index (χ2v) is 5.76. The average Bonchev–Trinajstić information content (AvgIpc) is 3.01. The number of hydrogen-bond acceptors (Lipinski definition) is 4. The van der Waals surface area contributed by atoms with Crippen LogP contribution in [0.25, 0.3) is 11.3 Å². The number of aryl methyl sites for hydroxylation is 2. The lowest BCUT2D eigenvalue weighted by Crippen LogP contribution is -2.40. The van der Waals surface area contributed by atoms with Crippen LogP contribution in [0.4, 0.5) is 0 Å². The number of nitrogens with one attached hydrogen (secondary N) is 1. The van der Waals surface area contributed by atoms with Crippen molar-refractivity contribution >= 4 is 11.9 Å². The Hall–Kier alpha value is -2.64. The summed E-state index contributed by atoms with van der Waals surface area (Å²) in [6.45, 7) is 7.00. The Kier molecular flexibility index (Phi) is 4.53. The second kappa shape index (κ2) is 6.23. The molecule has 2 rings (SSSR count). The summed E-state index contributed by atoms with van der Waals surface area (Å²) < 4.78 is 1.76. The van der Waals surface area contributed by atoms with Gasteiger partial charge in [0, 0.05) is 24.3 Å². The summed E-state index contributed by atoms with van der Waals surface area (Å²) in [4.78, 5) is 24.7. The molecule has 2 aromatic rings. The van der Waals surface area contributed by atoms with E-state index >= 15 is 0 Å². The Bertz CT molecular complexity index is 744. The Morgan fingerprint density at radius 1 is 1.39 bits per heavy atom. The highest BCUT2D eigenvalue weighted by Gasteiger charge is 2.24. The number of carboxylic acids is 1. The van der Waals surface area contributed by atoms with Crippen molar-refractivity contribution in [1.29, 1.82) is 0 Å². The summed E-state index contributed by atoms with van der Waals surface area (Å²) >= 11 is 0. The van der Waals surface area contributed by atoms with Crippen LogP contribution in [0.1, 0.15) is 35.7 Å². The quantitative estimate of drug-likeness (QED) is 0.866. The fraction of sp³-hybridized carbons (Fsp3) is 0.467. The summed E-state index contributed by atoms with van der Waals surface area (Å²) in [5.41, 5.74) is 3.52. The summed E-state index contributed by atoms with van der Waals surface area (Å²) in [7, 11) is 1.85. The van der Waals surface area contributed by atoms with Crippen LogP contribution in [0.5, 0.6) is 0 Å². The fourth-order valence-electron chi connectivity index (χ4n) is 2.49. The van der Waals surface area contributed by atoms with E-state index in [4.69, 9.17) is 5.11 Å². The summed E-state index contributed by atoms with van der Waals surface area (Å²) in [5, 5.41) is 20.2. The maximum absolute atomic E-state index is 12.5. The van der Waals surface area contributed by atoms with Gasteiger partial charge >= 0.3 is 5.97 Å². The van der Waals surface area contributed by atoms with E-state index in [0.717, 1.165) is 17.0 Å². The molecule has 0 saturated carbocycles. The van der Waals surface area contributed by atoms with Crippen LogP contribution in [0.2, 0.25) is 0 Å². The lowest BCUT2D eigenvalue weighted by Gasteiger charge is -2.23. The molecule has 0 radical (unpaired) electrons. The lowest BCUT2D eigenvalue weighted by atomic mass is 10.1. The van der Waals surface area contributed by atoms with Crippen LogP contribution in [-0.4, -0.2) is 54.4 Å². The van der Waals surface area contributed by atoms with E-state index in [0.29, 0.717) is 5.69 Å². The number of hydrogen-bond donors (Lipinski definition) is 2. The Morgan fingerprint density at radius 2 is 2.04 bits per heavy atom. The normalized spacial score (nSPS) is 11.0. The van der Waals surface area contributed by atoms with Crippen LogP contribution in [0.15, 0.2) is 6.07 Å². The molecule has 0 bridgehead atoms. The fourth-order valence-corrected chi connectivity index (χ4v) is 2.49. The number of aromatic amines is 1. The first-order chi connectivity index (χ1) is 10.7. The molecular formula is C15H21N5O3. The topological polar surface area (TPSA) is 104 Å². The van der Waals surface area contributed by atoms with Gasteiger partial charge in [0.05, 0.1) is 11.4 Å². The molecule has 0 aliphatic rings. The zero-order valence-electron chi connectivity index (χ0n) is 13.9. The number of aliphatic carboxylic acids is 1. The van der Waals surface area contributed by atoms with Gasteiger partial charge in [-0.15, -0.1) is 0 Å². The number of aromatic nitrogens is 4. The molecular weight excluding hydrogens is 298 g/mol. The largest absolute Gasteiger partial charge is 0.480 e. The van der Waals surface area contributed by atoms with Crippen molar-refractivity contribution in [1.82, 2.24) is 24.9 Å². The van der Waals surface area contributed by atoms with Crippen LogP contribution in [0.3, 0.4) is 0 Å². The molecule has 0 unspecified atom stereocenters. The van der Waals surface area contributed by atoms with E-state index in [1.54, 1.807) is 24.6 Å². The minimum Gasteiger partial charge on any atom is -0.480 e. The van der Waals surface area contributed by atoms with Gasteiger partial charge in [0.25, 0.3) is 5.91 Å². The van der Waals surface area contributed by atoms with Gasteiger partial charge in [-0.2, -0.15) is 10.2 Å². The summed E-state index contributed by atoms with van der Waals surface area (Å²) in [6.07, 6.45) is 0. The number of carboxylic acid groups (broad SMARTS) is 1. The molecule has 8 heteroatoms. The van der Waals surface area contributed by atoms with Crippen molar-refractivity contribution in [3.8, 4) is 11.3 Å². The highest BCUT2D eigenvalue weighted by Crippen LogP contribution is 2.25. The standard InChI is InChI=1S/C15H21N5O3/c1-8(2)20(7-13(21)22)15(23)12-6-11(16-17-12)14-9(3)18-19(5)10(14)4/h6,8H,7H2,1-5H3,(H,16,17)(H,21,22). The van der Waals surface area contributed by atoms with Gasteiger partial charge in [-0.25, -0.2) is 0 Å². The molecule has 2 aromatic heterocycles. The molecule has 0 fully saturated rings. The molecule has 2 N–H and O–H groups in total. The van der Waals surface area contributed by atoms with Gasteiger partial charge in [-0.1, -0.05) is 0 Å². The third-order valence-electron chi connectivity index (χ3n) is 3.76. The highest BCUT2D eigenvalue weighted by atomic mass is 16.4. The molecule has 23 heavy (non-hydrogen) atoms. The van der Waals surface area contributed by atoms with Gasteiger partial charge < -0.3 is 10.0 Å². The van der Waals surface area contributed by atoms with E-state index in [2.05, 4.69) is 15.3 Å². The Balaban J connectivity index is 2.34. The third-order valence-corrected chi connectivity index (χ3v) is 3.76. The van der Waals surface area contributed by atoms with Crippen molar-refractivity contribution in [3.05, 3.63) is 23.1 Å². The van der Waals surface area contributed by atoms with E-state index in [1.807, 2.05) is 20.9 Å². The number of carbonyl (C=O) groups excluding carboxylic acids is 1. The number of carbonyl (C=O) groups is 2. The van der Waals surface area contributed by atoms with Crippen LogP contribution < -0.4 is 0 Å². The maximum Gasteiger partial charge on any atom is 0.323 e. The van der Waals surface area contributed by atoms with Gasteiger partial charge in [-0.3, -0.25) is 19.4 Å². The van der Waals surface area contributed by atoms with Gasteiger partial charge in [0.15, 0.2) is 0 Å². The average molecular weight is 319 g/mol. The number of H-pyrrole nitrogens is 1. The third kappa shape index (κ3) is 3.25. The van der Waals surface area contributed by atoms with Crippen molar-refractivity contribution in [2.24, 2.45) is 7.05 Å². The molecule has 0 saturated heterocycles. The monoisotopic (exact) mass is 319 g/mol. The first kappa shape index (κ1) is 16.7. The van der Waals surface area contributed by atoms with E-state index in [-0.39, 0.29) is 24.2 Å². The van der Waals surface area contributed by atoms with E-state index in [9.17, 15) is 9.59 Å². The maximum atomic E-state index is 12.5. The molecule has 0 aliphatic heterocycles. The van der Waals surface area contributed by atoms with Gasteiger partial charge in [0.1, 0.15) is 12.2 Å². The number of rotatable bonds is 5. The van der Waals surface area contributed by atoms with E-state index < -0.39 is 5.97 Å². The lowest BCUT2D eigenvalue weighted by molar-refractivity contribution is -0.138. The number of nitrogens with zero attached hydrogens (tertiary/aromatic N) is 4. The SMILES string of the molecule is Cc1nn(C)c(C)c1-c1cc(C(=O)N(CC(=O)O)C(C)C)[nH]n1. The molecule has 1 amide bonds.